The van der Waals surface area contributed by atoms with E-state index in [9.17, 15) is 10.1 Å². The van der Waals surface area contributed by atoms with Crippen LogP contribution in [-0.4, -0.2) is 21.2 Å². The summed E-state index contributed by atoms with van der Waals surface area (Å²) in [6.07, 6.45) is 0.914. The number of fused-ring (bicyclic) bond motifs is 1. The largest absolute Gasteiger partial charge is 0.308 e. The quantitative estimate of drug-likeness (QED) is 0.934. The van der Waals surface area contributed by atoms with Crippen LogP contribution in [0.3, 0.4) is 0 Å². The van der Waals surface area contributed by atoms with Crippen molar-refractivity contribution in [3.05, 3.63) is 40.5 Å². The van der Waals surface area contributed by atoms with E-state index in [0.29, 0.717) is 29.4 Å². The zero-order valence-electron chi connectivity index (χ0n) is 11.7. The third-order valence-electron chi connectivity index (χ3n) is 3.37. The third-order valence-corrected chi connectivity index (χ3v) is 4.56. The number of hydrogen-bond donors (Lipinski definition) is 1. The van der Waals surface area contributed by atoms with Gasteiger partial charge in [0, 0.05) is 23.7 Å². The lowest BCUT2D eigenvalue weighted by Gasteiger charge is -2.04. The maximum absolute atomic E-state index is 12.1. The predicted octanol–water partition coefficient (Wildman–Crippen LogP) is 3.09. The number of anilines is 1. The number of amides is 1. The number of benzene rings is 1. The molecule has 22 heavy (non-hydrogen) atoms. The predicted molar refractivity (Wildman–Crippen MR) is 86.1 cm³/mol. The lowest BCUT2D eigenvalue weighted by Crippen LogP contribution is -2.14. The molecule has 3 rings (SSSR count). The summed E-state index contributed by atoms with van der Waals surface area (Å²) >= 11 is 7.51. The number of aryl methyl sites for hydroxylation is 1. The van der Waals surface area contributed by atoms with E-state index in [1.165, 1.54) is 0 Å². The number of nitriles is 1. The SMILES string of the molecule is N#Cc1c(NC(=O)CCc2cccc(Cl)c2)nc2n1CCS2. The van der Waals surface area contributed by atoms with Gasteiger partial charge in [0.1, 0.15) is 6.07 Å². The number of halogens is 1. The van der Waals surface area contributed by atoms with Crippen LogP contribution in [0.1, 0.15) is 17.7 Å². The molecule has 7 heteroatoms. The van der Waals surface area contributed by atoms with Gasteiger partial charge in [-0.15, -0.1) is 0 Å². The normalized spacial score (nSPS) is 12.7. The smallest absolute Gasteiger partial charge is 0.225 e. The van der Waals surface area contributed by atoms with Gasteiger partial charge in [0.25, 0.3) is 0 Å². The molecule has 0 bridgehead atoms. The molecule has 1 aliphatic rings. The first-order valence-electron chi connectivity index (χ1n) is 6.85. The number of aromatic nitrogens is 2. The molecule has 1 amide bonds. The molecule has 1 aromatic heterocycles. The summed E-state index contributed by atoms with van der Waals surface area (Å²) < 4.78 is 1.84. The van der Waals surface area contributed by atoms with Crippen LogP contribution in [0.4, 0.5) is 5.82 Å². The van der Waals surface area contributed by atoms with E-state index < -0.39 is 0 Å². The second-order valence-electron chi connectivity index (χ2n) is 4.88. The van der Waals surface area contributed by atoms with Crippen molar-refractivity contribution in [2.75, 3.05) is 11.1 Å². The molecule has 1 aliphatic heterocycles. The minimum absolute atomic E-state index is 0.154. The molecule has 0 spiro atoms. The van der Waals surface area contributed by atoms with Gasteiger partial charge < -0.3 is 9.88 Å². The topological polar surface area (TPSA) is 70.7 Å². The van der Waals surface area contributed by atoms with Crippen LogP contribution in [-0.2, 0) is 17.8 Å². The number of imidazole rings is 1. The first-order chi connectivity index (χ1) is 10.7. The standard InChI is InChI=1S/C15H13ClN4OS/c16-11-3-1-2-10(8-11)4-5-13(21)18-14-12(9-17)20-6-7-22-15(20)19-14/h1-3,8H,4-7H2,(H,18,21). The van der Waals surface area contributed by atoms with Gasteiger partial charge in [-0.1, -0.05) is 35.5 Å². The van der Waals surface area contributed by atoms with Crippen molar-refractivity contribution in [2.45, 2.75) is 24.5 Å². The minimum atomic E-state index is -0.154. The van der Waals surface area contributed by atoms with Crippen molar-refractivity contribution in [1.29, 1.82) is 5.26 Å². The van der Waals surface area contributed by atoms with Crippen molar-refractivity contribution in [3.8, 4) is 6.07 Å². The van der Waals surface area contributed by atoms with Gasteiger partial charge >= 0.3 is 0 Å². The summed E-state index contributed by atoms with van der Waals surface area (Å²) in [6, 6.07) is 9.56. The molecular formula is C15H13ClN4OS. The van der Waals surface area contributed by atoms with Crippen LogP contribution in [0.2, 0.25) is 5.02 Å². The number of carbonyl (C=O) groups excluding carboxylic acids is 1. The van der Waals surface area contributed by atoms with Gasteiger partial charge in [0.05, 0.1) is 0 Å². The molecule has 0 saturated carbocycles. The van der Waals surface area contributed by atoms with Gasteiger partial charge in [-0.2, -0.15) is 5.26 Å². The molecule has 0 atom stereocenters. The molecule has 5 nitrogen and oxygen atoms in total. The Kier molecular flexibility index (Phi) is 4.36. The average molecular weight is 333 g/mol. The molecule has 1 aromatic carbocycles. The Bertz CT molecular complexity index is 765. The molecule has 0 aliphatic carbocycles. The highest BCUT2D eigenvalue weighted by Crippen LogP contribution is 2.30. The van der Waals surface area contributed by atoms with Crippen LogP contribution in [0, 0.1) is 11.3 Å². The second kappa shape index (κ2) is 6.42. The van der Waals surface area contributed by atoms with Crippen molar-refractivity contribution < 1.29 is 4.79 Å². The van der Waals surface area contributed by atoms with Crippen LogP contribution >= 0.6 is 23.4 Å². The molecule has 2 heterocycles. The molecule has 0 saturated heterocycles. The fourth-order valence-corrected chi connectivity index (χ4v) is 3.49. The highest BCUT2D eigenvalue weighted by atomic mass is 35.5. The molecule has 0 radical (unpaired) electrons. The Morgan fingerprint density at radius 1 is 1.55 bits per heavy atom. The fraction of sp³-hybridized carbons (Fsp3) is 0.267. The Morgan fingerprint density at radius 2 is 2.41 bits per heavy atom. The summed E-state index contributed by atoms with van der Waals surface area (Å²) in [4.78, 5) is 16.4. The Morgan fingerprint density at radius 3 is 3.18 bits per heavy atom. The zero-order chi connectivity index (χ0) is 15.5. The number of hydrogen-bond acceptors (Lipinski definition) is 4. The van der Waals surface area contributed by atoms with Crippen molar-refractivity contribution in [3.63, 3.8) is 0 Å². The first-order valence-corrected chi connectivity index (χ1v) is 8.21. The second-order valence-corrected chi connectivity index (χ2v) is 6.38. The van der Waals surface area contributed by atoms with E-state index >= 15 is 0 Å². The van der Waals surface area contributed by atoms with E-state index in [1.807, 2.05) is 22.8 Å². The number of carbonyl (C=O) groups is 1. The maximum Gasteiger partial charge on any atom is 0.225 e. The summed E-state index contributed by atoms with van der Waals surface area (Å²) in [5, 5.41) is 13.4. The van der Waals surface area contributed by atoms with Crippen LogP contribution in [0.25, 0.3) is 0 Å². The highest BCUT2D eigenvalue weighted by molar-refractivity contribution is 7.99. The number of nitrogens with zero attached hydrogens (tertiary/aromatic N) is 3. The number of nitrogens with one attached hydrogen (secondary N) is 1. The van der Waals surface area contributed by atoms with Gasteiger partial charge in [-0.3, -0.25) is 4.79 Å². The summed E-state index contributed by atoms with van der Waals surface area (Å²) in [5.41, 5.74) is 1.43. The van der Waals surface area contributed by atoms with Gasteiger partial charge in [-0.05, 0) is 24.1 Å². The Balaban J connectivity index is 1.64. The summed E-state index contributed by atoms with van der Waals surface area (Å²) in [6.45, 7) is 0.758. The summed E-state index contributed by atoms with van der Waals surface area (Å²) in [5.74, 6) is 1.12. The Labute approximate surface area is 137 Å². The van der Waals surface area contributed by atoms with Crippen LogP contribution in [0.5, 0.6) is 0 Å². The first kappa shape index (κ1) is 14.9. The van der Waals surface area contributed by atoms with E-state index in [2.05, 4.69) is 16.4 Å². The van der Waals surface area contributed by atoms with Crippen LogP contribution < -0.4 is 5.32 Å². The van der Waals surface area contributed by atoms with Gasteiger partial charge in [0.15, 0.2) is 16.7 Å². The van der Waals surface area contributed by atoms with E-state index in [1.54, 1.807) is 17.8 Å². The molecular weight excluding hydrogens is 320 g/mol. The molecule has 0 unspecified atom stereocenters. The van der Waals surface area contributed by atoms with Gasteiger partial charge in [0.2, 0.25) is 5.91 Å². The number of thioether (sulfide) groups is 1. The average Bonchev–Trinajstić information content (AvgIpc) is 3.05. The van der Waals surface area contributed by atoms with E-state index in [4.69, 9.17) is 11.6 Å². The lowest BCUT2D eigenvalue weighted by molar-refractivity contribution is -0.116. The third kappa shape index (κ3) is 3.11. The maximum atomic E-state index is 12.1. The van der Waals surface area contributed by atoms with Gasteiger partial charge in [-0.25, -0.2) is 4.98 Å². The Hall–Kier alpha value is -1.97. The molecule has 0 fully saturated rings. The summed E-state index contributed by atoms with van der Waals surface area (Å²) in [7, 11) is 0. The van der Waals surface area contributed by atoms with Crippen molar-refractivity contribution in [2.24, 2.45) is 0 Å². The van der Waals surface area contributed by atoms with Crippen molar-refractivity contribution in [1.82, 2.24) is 9.55 Å². The molecule has 1 N–H and O–H groups in total. The highest BCUT2D eigenvalue weighted by Gasteiger charge is 2.22. The number of rotatable bonds is 4. The monoisotopic (exact) mass is 332 g/mol. The zero-order valence-corrected chi connectivity index (χ0v) is 13.2. The van der Waals surface area contributed by atoms with E-state index in [-0.39, 0.29) is 5.91 Å². The molecule has 112 valence electrons. The molecule has 2 aromatic rings. The lowest BCUT2D eigenvalue weighted by atomic mass is 10.1. The van der Waals surface area contributed by atoms with Crippen LogP contribution in [0.15, 0.2) is 29.4 Å². The van der Waals surface area contributed by atoms with Crippen molar-refractivity contribution >= 4 is 35.1 Å². The fourth-order valence-electron chi connectivity index (χ4n) is 2.32. The minimum Gasteiger partial charge on any atom is -0.308 e. The van der Waals surface area contributed by atoms with E-state index in [0.717, 1.165) is 23.0 Å².